The summed E-state index contributed by atoms with van der Waals surface area (Å²) >= 11 is 0. The van der Waals surface area contributed by atoms with E-state index in [-0.39, 0.29) is 17.8 Å². The van der Waals surface area contributed by atoms with E-state index in [1.54, 1.807) is 6.20 Å². The van der Waals surface area contributed by atoms with Gasteiger partial charge in [-0.2, -0.15) is 0 Å². The Morgan fingerprint density at radius 1 is 0.786 bits per heavy atom. The smallest absolute Gasteiger partial charge is 0.242 e. The summed E-state index contributed by atoms with van der Waals surface area (Å²) in [5, 5.41) is 0. The van der Waals surface area contributed by atoms with Crippen molar-refractivity contribution in [2.45, 2.75) is 25.7 Å². The summed E-state index contributed by atoms with van der Waals surface area (Å²) in [6.45, 7) is 3.80. The number of halogens is 2. The molecule has 2 heterocycles. The monoisotopic (exact) mass is 381 g/mol. The van der Waals surface area contributed by atoms with Crippen LogP contribution >= 0.6 is 0 Å². The van der Waals surface area contributed by atoms with Crippen LogP contribution in [-0.4, -0.2) is 18.1 Å². The molecule has 0 bridgehead atoms. The molecule has 2 aromatic carbocycles. The van der Waals surface area contributed by atoms with E-state index in [9.17, 15) is 8.78 Å². The Balaban J connectivity index is 1.60. The topological polar surface area (TPSA) is 21.8 Å². The van der Waals surface area contributed by atoms with Gasteiger partial charge in [-0.05, 0) is 36.4 Å². The summed E-state index contributed by atoms with van der Waals surface area (Å²) in [6, 6.07) is 17.7. The second-order valence-electron chi connectivity index (χ2n) is 7.50. The minimum atomic E-state index is -0.204. The van der Waals surface area contributed by atoms with E-state index in [0.29, 0.717) is 0 Å². The zero-order chi connectivity index (χ0) is 19.3. The maximum absolute atomic E-state index is 13.3. The minimum Gasteiger partial charge on any atom is -0.278 e. The number of aromatic nitrogens is 1. The lowest BCUT2D eigenvalue weighted by Gasteiger charge is -2.38. The molecule has 2 atom stereocenters. The normalized spacial score (nSPS) is 22.1. The van der Waals surface area contributed by atoms with E-state index < -0.39 is 0 Å². The zero-order valence-corrected chi connectivity index (χ0v) is 15.7. The Bertz CT molecular complexity index is 826. The van der Waals surface area contributed by atoms with Crippen LogP contribution in [0.2, 0.25) is 0 Å². The largest absolute Gasteiger partial charge is 0.278 e. The lowest BCUT2D eigenvalue weighted by molar-refractivity contribution is -1.16. The van der Waals surface area contributed by atoms with Gasteiger partial charge in [0, 0.05) is 29.9 Å². The van der Waals surface area contributed by atoms with Gasteiger partial charge in [-0.3, -0.25) is 14.8 Å². The first-order valence-corrected chi connectivity index (χ1v) is 9.77. The van der Waals surface area contributed by atoms with Crippen LogP contribution in [0.4, 0.5) is 8.78 Å². The highest BCUT2D eigenvalue weighted by molar-refractivity contribution is 5.16. The predicted molar refractivity (Wildman–Crippen MR) is 103 cm³/mol. The number of hydrogen-bond donors (Lipinski definition) is 2. The van der Waals surface area contributed by atoms with E-state index in [1.807, 2.05) is 36.5 Å². The number of nitrogens with zero attached hydrogens (tertiary/aromatic N) is 1. The van der Waals surface area contributed by atoms with Crippen LogP contribution in [0.15, 0.2) is 73.1 Å². The van der Waals surface area contributed by atoms with Gasteiger partial charge in [0.05, 0.1) is 18.7 Å². The second kappa shape index (κ2) is 8.59. The van der Waals surface area contributed by atoms with Crippen LogP contribution < -0.4 is 9.80 Å². The SMILES string of the molecule is Fc1ccc(C[NH+]2CCC[NH+](Cc3ccc(F)cc3)C2c2cccnc2)cc1. The molecule has 0 radical (unpaired) electrons. The number of benzene rings is 2. The van der Waals surface area contributed by atoms with Crippen molar-refractivity contribution in [3.63, 3.8) is 0 Å². The van der Waals surface area contributed by atoms with Gasteiger partial charge in [-0.25, -0.2) is 8.78 Å². The second-order valence-corrected chi connectivity index (χ2v) is 7.50. The fraction of sp³-hybridized carbons (Fsp3) is 0.261. The summed E-state index contributed by atoms with van der Waals surface area (Å²) < 4.78 is 26.6. The highest BCUT2D eigenvalue weighted by Crippen LogP contribution is 2.08. The molecule has 1 aliphatic rings. The van der Waals surface area contributed by atoms with Gasteiger partial charge in [0.25, 0.3) is 0 Å². The molecule has 3 aromatic rings. The zero-order valence-electron chi connectivity index (χ0n) is 15.7. The molecule has 28 heavy (non-hydrogen) atoms. The highest BCUT2D eigenvalue weighted by Gasteiger charge is 2.37. The molecule has 3 nitrogen and oxygen atoms in total. The quantitative estimate of drug-likeness (QED) is 0.693. The average molecular weight is 381 g/mol. The van der Waals surface area contributed by atoms with Crippen LogP contribution in [0.1, 0.15) is 29.3 Å². The summed E-state index contributed by atoms with van der Waals surface area (Å²) in [6.07, 6.45) is 5.10. The van der Waals surface area contributed by atoms with E-state index in [0.717, 1.165) is 43.7 Å². The molecule has 2 unspecified atom stereocenters. The number of quaternary nitrogens is 2. The first-order chi connectivity index (χ1) is 13.7. The van der Waals surface area contributed by atoms with E-state index in [2.05, 4.69) is 11.1 Å². The predicted octanol–water partition coefficient (Wildman–Crippen LogP) is 1.93. The van der Waals surface area contributed by atoms with Crippen LogP contribution in [-0.2, 0) is 13.1 Å². The Labute approximate surface area is 164 Å². The first kappa shape index (κ1) is 18.7. The maximum Gasteiger partial charge on any atom is 0.242 e. The lowest BCUT2D eigenvalue weighted by atomic mass is 10.1. The Morgan fingerprint density at radius 2 is 1.32 bits per heavy atom. The van der Waals surface area contributed by atoms with Gasteiger partial charge in [-0.15, -0.1) is 0 Å². The molecule has 5 heteroatoms. The van der Waals surface area contributed by atoms with Crippen molar-refractivity contribution in [2.24, 2.45) is 0 Å². The highest BCUT2D eigenvalue weighted by atomic mass is 19.1. The van der Waals surface area contributed by atoms with Gasteiger partial charge >= 0.3 is 0 Å². The molecule has 1 aromatic heterocycles. The third kappa shape index (κ3) is 4.43. The minimum absolute atomic E-state index is 0.204. The summed E-state index contributed by atoms with van der Waals surface area (Å²) in [4.78, 5) is 7.23. The van der Waals surface area contributed by atoms with E-state index >= 15 is 0 Å². The summed E-state index contributed by atoms with van der Waals surface area (Å²) in [7, 11) is 0. The third-order valence-corrected chi connectivity index (χ3v) is 5.52. The van der Waals surface area contributed by atoms with Gasteiger partial charge < -0.3 is 0 Å². The molecule has 0 aliphatic carbocycles. The average Bonchev–Trinajstić information content (AvgIpc) is 2.72. The van der Waals surface area contributed by atoms with Crippen molar-refractivity contribution < 1.29 is 18.6 Å². The van der Waals surface area contributed by atoms with Gasteiger partial charge in [0.2, 0.25) is 6.17 Å². The summed E-state index contributed by atoms with van der Waals surface area (Å²) in [5.41, 5.74) is 3.47. The van der Waals surface area contributed by atoms with Gasteiger partial charge in [0.1, 0.15) is 24.7 Å². The van der Waals surface area contributed by atoms with E-state index in [1.165, 1.54) is 39.6 Å². The molecule has 1 aliphatic heterocycles. The maximum atomic E-state index is 13.3. The Hall–Kier alpha value is -2.63. The standard InChI is InChI=1S/C23H23F2N3/c24-21-8-4-18(5-9-21)16-27-13-2-14-28(17-19-6-10-22(25)11-7-19)23(27)20-3-1-12-26-15-20/h1,3-12,15,23H,2,13-14,16-17H2/p+2. The molecule has 0 spiro atoms. The van der Waals surface area contributed by atoms with Crippen LogP contribution in [0.5, 0.6) is 0 Å². The van der Waals surface area contributed by atoms with Crippen molar-refractivity contribution >= 4 is 0 Å². The molecule has 0 amide bonds. The fourth-order valence-electron chi connectivity index (χ4n) is 4.25. The first-order valence-electron chi connectivity index (χ1n) is 9.77. The molecular weight excluding hydrogens is 356 g/mol. The Morgan fingerprint density at radius 3 is 1.79 bits per heavy atom. The van der Waals surface area contributed by atoms with Crippen LogP contribution in [0, 0.1) is 11.6 Å². The Kier molecular flexibility index (Phi) is 5.74. The third-order valence-electron chi connectivity index (χ3n) is 5.52. The molecule has 4 rings (SSSR count). The van der Waals surface area contributed by atoms with Gasteiger partial charge in [-0.1, -0.05) is 24.3 Å². The van der Waals surface area contributed by atoms with Crippen LogP contribution in [0.25, 0.3) is 0 Å². The molecule has 2 N–H and O–H groups in total. The number of nitrogens with one attached hydrogen (secondary N) is 2. The molecule has 144 valence electrons. The van der Waals surface area contributed by atoms with Crippen LogP contribution in [0.3, 0.4) is 0 Å². The van der Waals surface area contributed by atoms with Crippen molar-refractivity contribution in [1.29, 1.82) is 0 Å². The van der Waals surface area contributed by atoms with Crippen molar-refractivity contribution in [3.8, 4) is 0 Å². The van der Waals surface area contributed by atoms with Crippen molar-refractivity contribution in [3.05, 3.63) is 101 Å². The van der Waals surface area contributed by atoms with Crippen molar-refractivity contribution in [1.82, 2.24) is 4.98 Å². The fourth-order valence-corrected chi connectivity index (χ4v) is 4.25. The molecule has 0 saturated carbocycles. The number of pyridine rings is 1. The van der Waals surface area contributed by atoms with Crippen molar-refractivity contribution in [2.75, 3.05) is 13.1 Å². The van der Waals surface area contributed by atoms with E-state index in [4.69, 9.17) is 0 Å². The molecule has 1 fully saturated rings. The number of rotatable bonds is 5. The summed E-state index contributed by atoms with van der Waals surface area (Å²) in [5.74, 6) is -0.408. The number of hydrogen-bond acceptors (Lipinski definition) is 1. The van der Waals surface area contributed by atoms with Gasteiger partial charge in [0.15, 0.2) is 0 Å². The molecular formula is C23H25F2N3+2. The molecule has 1 saturated heterocycles. The lowest BCUT2D eigenvalue weighted by Crippen LogP contribution is -3.32.